The molecule has 6 nitrogen and oxygen atoms in total. The fourth-order valence-corrected chi connectivity index (χ4v) is 3.16. The van der Waals surface area contributed by atoms with Crippen LogP contribution in [0.5, 0.6) is 0 Å². The highest BCUT2D eigenvalue weighted by Gasteiger charge is 2.37. The number of rotatable bonds is 4. The Morgan fingerprint density at radius 2 is 2.08 bits per heavy atom. The molecule has 134 valence electrons. The highest BCUT2D eigenvalue weighted by atomic mass is 19.1. The molecule has 0 spiro atoms. The molecular formula is C17H19F2N3O3. The van der Waals surface area contributed by atoms with Crippen LogP contribution >= 0.6 is 0 Å². The number of aliphatic hydroxyl groups is 1. The summed E-state index contributed by atoms with van der Waals surface area (Å²) in [5.41, 5.74) is 0.363. The number of nitrogens with one attached hydrogen (secondary N) is 1. The molecule has 1 atom stereocenters. The molecule has 8 heteroatoms. The molecule has 0 saturated heterocycles. The molecule has 2 N–H and O–H groups in total. The van der Waals surface area contributed by atoms with Crippen LogP contribution in [0.1, 0.15) is 37.3 Å². The van der Waals surface area contributed by atoms with Crippen LogP contribution in [0.3, 0.4) is 0 Å². The first-order chi connectivity index (χ1) is 11.8. The molecule has 0 radical (unpaired) electrons. The van der Waals surface area contributed by atoms with Gasteiger partial charge in [0.25, 0.3) is 5.91 Å². The van der Waals surface area contributed by atoms with Gasteiger partial charge in [-0.25, -0.2) is 13.8 Å². The number of hydrogen-bond donors (Lipinski definition) is 2. The molecular weight excluding hydrogens is 332 g/mol. The van der Waals surface area contributed by atoms with Crippen molar-refractivity contribution < 1.29 is 23.5 Å². The number of halogens is 2. The summed E-state index contributed by atoms with van der Waals surface area (Å²) in [7, 11) is 1.47. The largest absolute Gasteiger partial charge is 0.393 e. The molecule has 1 aliphatic carbocycles. The van der Waals surface area contributed by atoms with E-state index in [0.717, 1.165) is 17.1 Å². The summed E-state index contributed by atoms with van der Waals surface area (Å²) in [5.74, 6) is -2.27. The summed E-state index contributed by atoms with van der Waals surface area (Å²) in [6.07, 6.45) is 0.754. The fraction of sp³-hybridized carbons (Fsp3) is 0.471. The lowest BCUT2D eigenvalue weighted by atomic mass is 9.75. The molecule has 1 aliphatic heterocycles. The molecule has 0 aromatic heterocycles. The van der Waals surface area contributed by atoms with E-state index < -0.39 is 29.7 Å². The van der Waals surface area contributed by atoms with E-state index in [2.05, 4.69) is 10.4 Å². The Morgan fingerprint density at radius 3 is 2.68 bits per heavy atom. The Morgan fingerprint density at radius 1 is 1.36 bits per heavy atom. The standard InChI is InChI=1S/C17H19F2N3O3/c1-22-15(24)5-4-14(21-22)17(25)20-16(9-6-11(23)7-9)12-3-2-10(18)8-13(12)19/h2-3,8-9,11,16,23H,4-7H2,1H3,(H,20,25)/t9?,11?,16-/m0/s1. The van der Waals surface area contributed by atoms with Crippen LogP contribution in [0, 0.1) is 17.6 Å². The number of aliphatic hydroxyl groups excluding tert-OH is 1. The lowest BCUT2D eigenvalue weighted by Crippen LogP contribution is -2.45. The van der Waals surface area contributed by atoms with Crippen LogP contribution in [0.4, 0.5) is 8.78 Å². The second kappa shape index (κ2) is 6.87. The van der Waals surface area contributed by atoms with Crippen LogP contribution in [0.2, 0.25) is 0 Å². The summed E-state index contributed by atoms with van der Waals surface area (Å²) in [6, 6.07) is 2.52. The zero-order valence-corrected chi connectivity index (χ0v) is 13.7. The van der Waals surface area contributed by atoms with E-state index in [1.54, 1.807) is 0 Å². The van der Waals surface area contributed by atoms with Gasteiger partial charge < -0.3 is 10.4 Å². The predicted octanol–water partition coefficient (Wildman–Crippen LogP) is 1.50. The second-order valence-electron chi connectivity index (χ2n) is 6.47. The van der Waals surface area contributed by atoms with Crippen LogP contribution in [-0.2, 0) is 9.59 Å². The van der Waals surface area contributed by atoms with Crippen LogP contribution < -0.4 is 5.32 Å². The van der Waals surface area contributed by atoms with Crippen molar-refractivity contribution in [1.29, 1.82) is 0 Å². The first-order valence-corrected chi connectivity index (χ1v) is 8.13. The molecule has 2 amide bonds. The maximum absolute atomic E-state index is 14.2. The number of hydrazone groups is 1. The molecule has 1 heterocycles. The van der Waals surface area contributed by atoms with Crippen molar-refractivity contribution in [3.05, 3.63) is 35.4 Å². The summed E-state index contributed by atoms with van der Waals surface area (Å²) in [4.78, 5) is 24.0. The van der Waals surface area contributed by atoms with Crippen molar-refractivity contribution in [3.8, 4) is 0 Å². The van der Waals surface area contributed by atoms with Gasteiger partial charge in [-0.05, 0) is 24.8 Å². The van der Waals surface area contributed by atoms with E-state index in [0.29, 0.717) is 12.8 Å². The number of carbonyl (C=O) groups is 2. The molecule has 25 heavy (non-hydrogen) atoms. The van der Waals surface area contributed by atoms with Crippen molar-refractivity contribution >= 4 is 17.5 Å². The normalized spacial score (nSPS) is 24.4. The van der Waals surface area contributed by atoms with Crippen molar-refractivity contribution in [2.45, 2.75) is 37.8 Å². The van der Waals surface area contributed by atoms with E-state index in [9.17, 15) is 23.5 Å². The van der Waals surface area contributed by atoms with E-state index in [4.69, 9.17) is 0 Å². The lowest BCUT2D eigenvalue weighted by Gasteiger charge is -2.38. The Bertz CT molecular complexity index is 732. The third-order valence-corrected chi connectivity index (χ3v) is 4.67. The maximum atomic E-state index is 14.2. The van der Waals surface area contributed by atoms with Gasteiger partial charge in [-0.2, -0.15) is 5.10 Å². The van der Waals surface area contributed by atoms with E-state index in [-0.39, 0.29) is 35.9 Å². The van der Waals surface area contributed by atoms with Gasteiger partial charge in [0.05, 0.1) is 12.1 Å². The SMILES string of the molecule is CN1N=C(C(=O)N[C@H](c2ccc(F)cc2F)C2CC(O)C2)CCC1=O. The molecule has 1 saturated carbocycles. The second-order valence-corrected chi connectivity index (χ2v) is 6.47. The molecule has 3 rings (SSSR count). The van der Waals surface area contributed by atoms with Crippen molar-refractivity contribution in [2.75, 3.05) is 7.05 Å². The first-order valence-electron chi connectivity index (χ1n) is 8.13. The number of nitrogens with zero attached hydrogens (tertiary/aromatic N) is 2. The van der Waals surface area contributed by atoms with Gasteiger partial charge in [0.2, 0.25) is 5.91 Å². The third kappa shape index (κ3) is 3.68. The molecule has 2 aliphatic rings. The Kier molecular flexibility index (Phi) is 4.80. The zero-order valence-electron chi connectivity index (χ0n) is 13.7. The van der Waals surface area contributed by atoms with Gasteiger partial charge in [0.1, 0.15) is 17.3 Å². The van der Waals surface area contributed by atoms with Gasteiger partial charge in [-0.1, -0.05) is 6.07 Å². The summed E-state index contributed by atoms with van der Waals surface area (Å²) < 4.78 is 27.4. The molecule has 0 unspecified atom stereocenters. The number of carbonyl (C=O) groups excluding carboxylic acids is 2. The number of amides is 2. The average molecular weight is 351 g/mol. The van der Waals surface area contributed by atoms with Gasteiger partial charge in [0.15, 0.2) is 0 Å². The topological polar surface area (TPSA) is 82.0 Å². The molecule has 1 aromatic carbocycles. The molecule has 1 fully saturated rings. The van der Waals surface area contributed by atoms with Gasteiger partial charge in [-0.15, -0.1) is 0 Å². The Labute approximate surface area is 143 Å². The predicted molar refractivity (Wildman–Crippen MR) is 85.4 cm³/mol. The van der Waals surface area contributed by atoms with Crippen molar-refractivity contribution in [1.82, 2.24) is 10.3 Å². The summed E-state index contributed by atoms with van der Waals surface area (Å²) >= 11 is 0. The van der Waals surface area contributed by atoms with Gasteiger partial charge in [0, 0.05) is 31.5 Å². The maximum Gasteiger partial charge on any atom is 0.267 e. The summed E-state index contributed by atoms with van der Waals surface area (Å²) in [5, 5.41) is 17.3. The number of benzene rings is 1. The minimum absolute atomic E-state index is 0.150. The average Bonchev–Trinajstić information content (AvgIpc) is 2.53. The quantitative estimate of drug-likeness (QED) is 0.863. The van der Waals surface area contributed by atoms with Gasteiger partial charge in [-0.3, -0.25) is 9.59 Å². The fourth-order valence-electron chi connectivity index (χ4n) is 3.16. The molecule has 0 bridgehead atoms. The third-order valence-electron chi connectivity index (χ3n) is 4.67. The minimum Gasteiger partial charge on any atom is -0.393 e. The van der Waals surface area contributed by atoms with Crippen LogP contribution in [0.25, 0.3) is 0 Å². The van der Waals surface area contributed by atoms with Crippen molar-refractivity contribution in [3.63, 3.8) is 0 Å². The minimum atomic E-state index is -0.746. The first kappa shape index (κ1) is 17.5. The highest BCUT2D eigenvalue weighted by molar-refractivity contribution is 6.39. The number of hydrogen-bond acceptors (Lipinski definition) is 4. The monoisotopic (exact) mass is 351 g/mol. The van der Waals surface area contributed by atoms with Crippen LogP contribution in [-0.4, -0.2) is 40.8 Å². The van der Waals surface area contributed by atoms with E-state index in [1.165, 1.54) is 13.1 Å². The van der Waals surface area contributed by atoms with Crippen molar-refractivity contribution in [2.24, 2.45) is 11.0 Å². The van der Waals surface area contributed by atoms with Gasteiger partial charge >= 0.3 is 0 Å². The summed E-state index contributed by atoms with van der Waals surface area (Å²) in [6.45, 7) is 0. The zero-order chi connectivity index (χ0) is 18.1. The van der Waals surface area contributed by atoms with E-state index in [1.807, 2.05) is 0 Å². The Balaban J connectivity index is 1.82. The smallest absolute Gasteiger partial charge is 0.267 e. The van der Waals surface area contributed by atoms with E-state index >= 15 is 0 Å². The molecule has 1 aromatic rings. The van der Waals surface area contributed by atoms with Crippen LogP contribution in [0.15, 0.2) is 23.3 Å². The lowest BCUT2D eigenvalue weighted by molar-refractivity contribution is -0.130. The Hall–Kier alpha value is -2.35. The highest BCUT2D eigenvalue weighted by Crippen LogP contribution is 2.39.